The van der Waals surface area contributed by atoms with Gasteiger partial charge >= 0.3 is 0 Å². The Morgan fingerprint density at radius 3 is 2.59 bits per heavy atom. The van der Waals surface area contributed by atoms with E-state index >= 15 is 0 Å². The number of nitrogens with two attached hydrogens (primary N) is 1. The molecule has 0 aromatic heterocycles. The van der Waals surface area contributed by atoms with Gasteiger partial charge in [0.05, 0.1) is 5.75 Å². The quantitative estimate of drug-likeness (QED) is 0.827. The zero-order chi connectivity index (χ0) is 12.5. The average molecular weight is 254 g/mol. The number of nitrogens with one attached hydrogen (secondary N) is 1. The van der Waals surface area contributed by atoms with Gasteiger partial charge in [-0.15, -0.1) is 0 Å². The first-order chi connectivity index (χ1) is 7.92. The summed E-state index contributed by atoms with van der Waals surface area (Å²) in [5.41, 5.74) is 7.06. The minimum atomic E-state index is -3.25. The molecule has 1 aromatic carbocycles. The average Bonchev–Trinajstić information content (AvgIpc) is 2.94. The molecule has 4 nitrogen and oxygen atoms in total. The molecule has 5 heteroatoms. The highest BCUT2D eigenvalue weighted by molar-refractivity contribution is 7.88. The van der Waals surface area contributed by atoms with E-state index in [1.807, 2.05) is 31.2 Å². The van der Waals surface area contributed by atoms with Crippen molar-refractivity contribution in [3.8, 4) is 0 Å². The van der Waals surface area contributed by atoms with Crippen LogP contribution in [0.15, 0.2) is 24.3 Å². The van der Waals surface area contributed by atoms with E-state index in [1.54, 1.807) is 0 Å². The fraction of sp³-hybridized carbons (Fsp3) is 0.500. The van der Waals surface area contributed by atoms with Gasteiger partial charge in [-0.2, -0.15) is 0 Å². The fourth-order valence-corrected chi connectivity index (χ4v) is 3.41. The van der Waals surface area contributed by atoms with Crippen LogP contribution in [-0.4, -0.2) is 14.0 Å². The number of hydrogen-bond donors (Lipinski definition) is 2. The smallest absolute Gasteiger partial charge is 0.216 e. The SMILES string of the molecule is CC1(NS(=O)(=O)Cc2cccc(CN)c2)CC1. The van der Waals surface area contributed by atoms with Crippen LogP contribution in [0.4, 0.5) is 0 Å². The number of hydrogen-bond acceptors (Lipinski definition) is 3. The lowest BCUT2D eigenvalue weighted by molar-refractivity contribution is 0.557. The summed E-state index contributed by atoms with van der Waals surface area (Å²) in [4.78, 5) is 0. The minimum absolute atomic E-state index is 0.0242. The largest absolute Gasteiger partial charge is 0.326 e. The predicted molar refractivity (Wildman–Crippen MR) is 67.7 cm³/mol. The molecule has 0 aliphatic heterocycles. The van der Waals surface area contributed by atoms with Crippen LogP contribution < -0.4 is 10.5 Å². The molecule has 94 valence electrons. The van der Waals surface area contributed by atoms with E-state index in [1.165, 1.54) is 0 Å². The molecule has 0 amide bonds. The zero-order valence-electron chi connectivity index (χ0n) is 9.94. The maximum absolute atomic E-state index is 11.9. The molecule has 0 saturated heterocycles. The van der Waals surface area contributed by atoms with Crippen molar-refractivity contribution in [2.24, 2.45) is 5.73 Å². The first-order valence-electron chi connectivity index (χ1n) is 5.72. The molecule has 0 unspecified atom stereocenters. The molecule has 0 bridgehead atoms. The van der Waals surface area contributed by atoms with Crippen molar-refractivity contribution >= 4 is 10.0 Å². The van der Waals surface area contributed by atoms with Crippen LogP contribution in [0, 0.1) is 0 Å². The Bertz CT molecular complexity index is 507. The highest BCUT2D eigenvalue weighted by Crippen LogP contribution is 2.35. The molecule has 0 spiro atoms. The number of sulfonamides is 1. The third-order valence-corrected chi connectivity index (χ3v) is 4.50. The van der Waals surface area contributed by atoms with Gasteiger partial charge in [-0.1, -0.05) is 24.3 Å². The van der Waals surface area contributed by atoms with Crippen molar-refractivity contribution in [1.82, 2.24) is 4.72 Å². The van der Waals surface area contributed by atoms with Gasteiger partial charge in [0.15, 0.2) is 0 Å². The van der Waals surface area contributed by atoms with Crippen molar-refractivity contribution in [2.75, 3.05) is 0 Å². The van der Waals surface area contributed by atoms with Crippen molar-refractivity contribution in [2.45, 2.75) is 37.6 Å². The normalized spacial score (nSPS) is 18.0. The molecule has 17 heavy (non-hydrogen) atoms. The maximum atomic E-state index is 11.9. The Kier molecular flexibility index (Phi) is 3.25. The Morgan fingerprint density at radius 1 is 1.35 bits per heavy atom. The second-order valence-electron chi connectivity index (χ2n) is 4.95. The molecule has 1 fully saturated rings. The predicted octanol–water partition coefficient (Wildman–Crippen LogP) is 1.12. The van der Waals surface area contributed by atoms with Crippen LogP contribution in [0.3, 0.4) is 0 Å². The lowest BCUT2D eigenvalue weighted by atomic mass is 10.1. The van der Waals surface area contributed by atoms with Gasteiger partial charge in [-0.3, -0.25) is 0 Å². The minimum Gasteiger partial charge on any atom is -0.326 e. The highest BCUT2D eigenvalue weighted by Gasteiger charge is 2.40. The molecule has 3 N–H and O–H groups in total. The fourth-order valence-electron chi connectivity index (χ4n) is 1.77. The van der Waals surface area contributed by atoms with E-state index in [4.69, 9.17) is 5.73 Å². The topological polar surface area (TPSA) is 72.2 Å². The van der Waals surface area contributed by atoms with Crippen LogP contribution in [0.25, 0.3) is 0 Å². The Labute approximate surface area is 102 Å². The van der Waals surface area contributed by atoms with Gasteiger partial charge in [0.25, 0.3) is 0 Å². The summed E-state index contributed by atoms with van der Waals surface area (Å²) in [5.74, 6) is 0.0242. The van der Waals surface area contributed by atoms with E-state index in [0.29, 0.717) is 6.54 Å². The maximum Gasteiger partial charge on any atom is 0.216 e. The van der Waals surface area contributed by atoms with Crippen LogP contribution in [0.1, 0.15) is 30.9 Å². The van der Waals surface area contributed by atoms with E-state index in [0.717, 1.165) is 24.0 Å². The molecule has 0 radical (unpaired) electrons. The van der Waals surface area contributed by atoms with Gasteiger partial charge in [0.1, 0.15) is 0 Å². The molecule has 0 atom stereocenters. The lowest BCUT2D eigenvalue weighted by Crippen LogP contribution is -2.35. The Balaban J connectivity index is 2.08. The number of rotatable bonds is 5. The summed E-state index contributed by atoms with van der Waals surface area (Å²) in [7, 11) is -3.25. The van der Waals surface area contributed by atoms with Gasteiger partial charge in [-0.05, 0) is 30.9 Å². The van der Waals surface area contributed by atoms with E-state index in [2.05, 4.69) is 4.72 Å². The van der Waals surface area contributed by atoms with E-state index in [9.17, 15) is 8.42 Å². The second kappa shape index (κ2) is 4.40. The summed E-state index contributed by atoms with van der Waals surface area (Å²) >= 11 is 0. The standard InChI is InChI=1S/C12H18N2O2S/c1-12(5-6-12)14-17(15,16)9-11-4-2-3-10(7-11)8-13/h2-4,7,14H,5-6,8-9,13H2,1H3. The van der Waals surface area contributed by atoms with Crippen molar-refractivity contribution in [3.05, 3.63) is 35.4 Å². The molecule has 1 aliphatic carbocycles. The monoisotopic (exact) mass is 254 g/mol. The van der Waals surface area contributed by atoms with Gasteiger partial charge < -0.3 is 5.73 Å². The lowest BCUT2D eigenvalue weighted by Gasteiger charge is -2.12. The summed E-state index contributed by atoms with van der Waals surface area (Å²) in [6.45, 7) is 2.36. The van der Waals surface area contributed by atoms with Crippen molar-refractivity contribution < 1.29 is 8.42 Å². The molecule has 2 rings (SSSR count). The van der Waals surface area contributed by atoms with Gasteiger partial charge in [0.2, 0.25) is 10.0 Å². The molecule has 1 saturated carbocycles. The highest BCUT2D eigenvalue weighted by atomic mass is 32.2. The van der Waals surface area contributed by atoms with E-state index < -0.39 is 10.0 Å². The van der Waals surface area contributed by atoms with Crippen molar-refractivity contribution in [3.63, 3.8) is 0 Å². The van der Waals surface area contributed by atoms with Crippen LogP contribution in [0.5, 0.6) is 0 Å². The van der Waals surface area contributed by atoms with Crippen molar-refractivity contribution in [1.29, 1.82) is 0 Å². The molecule has 0 heterocycles. The van der Waals surface area contributed by atoms with Crippen LogP contribution in [0.2, 0.25) is 0 Å². The van der Waals surface area contributed by atoms with Crippen LogP contribution >= 0.6 is 0 Å². The number of benzene rings is 1. The molecule has 1 aromatic rings. The molecule has 1 aliphatic rings. The summed E-state index contributed by atoms with van der Waals surface area (Å²) < 4.78 is 26.6. The van der Waals surface area contributed by atoms with Crippen LogP contribution in [-0.2, 0) is 22.3 Å². The third-order valence-electron chi connectivity index (χ3n) is 2.99. The Morgan fingerprint density at radius 2 is 2.00 bits per heavy atom. The van der Waals surface area contributed by atoms with Gasteiger partial charge in [-0.25, -0.2) is 13.1 Å². The van der Waals surface area contributed by atoms with E-state index in [-0.39, 0.29) is 11.3 Å². The second-order valence-corrected chi connectivity index (χ2v) is 6.67. The third kappa shape index (κ3) is 3.52. The van der Waals surface area contributed by atoms with Gasteiger partial charge in [0, 0.05) is 12.1 Å². The zero-order valence-corrected chi connectivity index (χ0v) is 10.8. The summed E-state index contributed by atoms with van der Waals surface area (Å²) in [6.07, 6.45) is 1.85. The first-order valence-corrected chi connectivity index (χ1v) is 7.37. The molecular formula is C12H18N2O2S. The molecular weight excluding hydrogens is 236 g/mol. The summed E-state index contributed by atoms with van der Waals surface area (Å²) in [5, 5.41) is 0. The Hall–Kier alpha value is -0.910. The first kappa shape index (κ1) is 12.5. The summed E-state index contributed by atoms with van der Waals surface area (Å²) in [6, 6.07) is 7.39.